The number of hydrogen-bond acceptors (Lipinski definition) is 8. The molecular weight excluding hydrogens is 518 g/mol. The average Bonchev–Trinajstić information content (AvgIpc) is 3.26. The Labute approximate surface area is 222 Å². The highest BCUT2D eigenvalue weighted by Gasteiger charge is 2.31. The molecule has 0 radical (unpaired) electrons. The van der Waals surface area contributed by atoms with E-state index in [1.807, 2.05) is 18.2 Å². The lowest BCUT2D eigenvalue weighted by atomic mass is 10.0. The number of carbonyl (C=O) groups excluding carboxylic acids is 5. The van der Waals surface area contributed by atoms with E-state index >= 15 is 0 Å². The van der Waals surface area contributed by atoms with Gasteiger partial charge in [0.25, 0.3) is 0 Å². The molecule has 0 aliphatic carbocycles. The number of H-pyrrole nitrogens is 1. The number of fused-ring (bicyclic) bond motifs is 1. The first-order chi connectivity index (χ1) is 17.9. The van der Waals surface area contributed by atoms with Crippen molar-refractivity contribution in [2.75, 3.05) is 5.75 Å². The SMILES string of the molecule is NC(=O)CCC(NC(=O)C(Cc1c[nH]c2ccccc12)NC(=O)C(CS)NC(=O)C(N)CC(N)=O)C(=O)O. The van der Waals surface area contributed by atoms with Crippen molar-refractivity contribution >= 4 is 59.0 Å². The summed E-state index contributed by atoms with van der Waals surface area (Å²) in [7, 11) is 0. The lowest BCUT2D eigenvalue weighted by molar-refractivity contribution is -0.142. The molecule has 206 valence electrons. The predicted molar refractivity (Wildman–Crippen MR) is 139 cm³/mol. The van der Waals surface area contributed by atoms with E-state index in [4.69, 9.17) is 17.2 Å². The van der Waals surface area contributed by atoms with Gasteiger partial charge in [-0.3, -0.25) is 24.0 Å². The molecule has 15 heteroatoms. The second kappa shape index (κ2) is 14.0. The fourth-order valence-electron chi connectivity index (χ4n) is 3.60. The number of aromatic nitrogens is 1. The van der Waals surface area contributed by atoms with Crippen LogP contribution in [-0.2, 0) is 35.2 Å². The summed E-state index contributed by atoms with van der Waals surface area (Å²) in [6.45, 7) is 0. The Balaban J connectivity index is 2.26. The van der Waals surface area contributed by atoms with Crippen molar-refractivity contribution in [1.29, 1.82) is 0 Å². The number of thiol groups is 1. The minimum atomic E-state index is -1.44. The largest absolute Gasteiger partial charge is 0.480 e. The molecule has 1 aromatic carbocycles. The van der Waals surface area contributed by atoms with Gasteiger partial charge in [0, 0.05) is 35.7 Å². The molecule has 0 saturated heterocycles. The van der Waals surface area contributed by atoms with Crippen LogP contribution < -0.4 is 33.2 Å². The summed E-state index contributed by atoms with van der Waals surface area (Å²) >= 11 is 4.07. The van der Waals surface area contributed by atoms with Gasteiger partial charge in [-0.2, -0.15) is 12.6 Å². The number of hydrogen-bond donors (Lipinski definition) is 9. The van der Waals surface area contributed by atoms with Gasteiger partial charge in [0.1, 0.15) is 18.1 Å². The van der Waals surface area contributed by atoms with Crippen LogP contribution in [0, 0.1) is 0 Å². The monoisotopic (exact) mass is 549 g/mol. The van der Waals surface area contributed by atoms with Crippen molar-refractivity contribution in [1.82, 2.24) is 20.9 Å². The van der Waals surface area contributed by atoms with Crippen molar-refractivity contribution < 1.29 is 33.9 Å². The van der Waals surface area contributed by atoms with Crippen LogP contribution in [0.1, 0.15) is 24.8 Å². The lowest BCUT2D eigenvalue weighted by Crippen LogP contribution is -2.58. The summed E-state index contributed by atoms with van der Waals surface area (Å²) in [5, 5.41) is 17.5. The minimum Gasteiger partial charge on any atom is -0.480 e. The van der Waals surface area contributed by atoms with Crippen LogP contribution in [0.25, 0.3) is 10.9 Å². The van der Waals surface area contributed by atoms with Gasteiger partial charge in [0.05, 0.1) is 12.5 Å². The van der Waals surface area contributed by atoms with Gasteiger partial charge in [-0.05, 0) is 18.1 Å². The van der Waals surface area contributed by atoms with Crippen molar-refractivity contribution in [2.24, 2.45) is 17.2 Å². The van der Waals surface area contributed by atoms with Crippen molar-refractivity contribution in [2.45, 2.75) is 49.9 Å². The summed E-state index contributed by atoms with van der Waals surface area (Å²) in [6, 6.07) is 1.97. The van der Waals surface area contributed by atoms with E-state index in [2.05, 4.69) is 33.6 Å². The molecular formula is C23H31N7O7S. The van der Waals surface area contributed by atoms with Gasteiger partial charge in [0.15, 0.2) is 0 Å². The number of benzene rings is 1. The van der Waals surface area contributed by atoms with Crippen LogP contribution in [0.15, 0.2) is 30.5 Å². The zero-order valence-electron chi connectivity index (χ0n) is 20.3. The topological polar surface area (TPSA) is 253 Å². The zero-order chi connectivity index (χ0) is 28.4. The van der Waals surface area contributed by atoms with Crippen LogP contribution in [0.5, 0.6) is 0 Å². The van der Waals surface area contributed by atoms with E-state index in [1.165, 1.54) is 0 Å². The molecule has 2 aromatic rings. The first kappa shape index (κ1) is 30.1. The summed E-state index contributed by atoms with van der Waals surface area (Å²) in [6.07, 6.45) is 0.630. The molecule has 0 bridgehead atoms. The molecule has 0 spiro atoms. The molecule has 0 aliphatic heterocycles. The molecule has 1 aromatic heterocycles. The standard InChI is InChI=1S/C23H31N7O7S/c24-13(8-19(26)32)20(33)30-17(10-38)22(35)29-16(7-11-9-27-14-4-2-1-3-12(11)14)21(34)28-15(23(36)37)5-6-18(25)31/h1-4,9,13,15-17,27,38H,5-8,10,24H2,(H2,25,31)(H2,26,32)(H,28,34)(H,29,35)(H,30,33)(H,36,37). The third-order valence-corrected chi connectivity index (χ3v) is 5.96. The van der Waals surface area contributed by atoms with E-state index < -0.39 is 66.1 Å². The van der Waals surface area contributed by atoms with Gasteiger partial charge in [-0.1, -0.05) is 18.2 Å². The molecule has 1 heterocycles. The molecule has 4 unspecified atom stereocenters. The van der Waals surface area contributed by atoms with Gasteiger partial charge >= 0.3 is 5.97 Å². The summed E-state index contributed by atoms with van der Waals surface area (Å²) in [5.74, 6) is -5.58. The Hall–Kier alpha value is -4.11. The fraction of sp³-hybridized carbons (Fsp3) is 0.391. The molecule has 0 saturated carbocycles. The number of nitrogens with two attached hydrogens (primary N) is 3. The summed E-state index contributed by atoms with van der Waals surface area (Å²) < 4.78 is 0. The van der Waals surface area contributed by atoms with Crippen LogP contribution in [0.4, 0.5) is 0 Å². The van der Waals surface area contributed by atoms with E-state index in [0.29, 0.717) is 5.56 Å². The number of aliphatic carboxylic acids is 1. The average molecular weight is 550 g/mol. The molecule has 0 fully saturated rings. The fourth-order valence-corrected chi connectivity index (χ4v) is 3.86. The summed E-state index contributed by atoms with van der Waals surface area (Å²) in [5.41, 5.74) is 17.2. The maximum absolute atomic E-state index is 13.2. The maximum Gasteiger partial charge on any atom is 0.326 e. The van der Waals surface area contributed by atoms with Crippen LogP contribution in [-0.4, -0.2) is 75.5 Å². The smallest absolute Gasteiger partial charge is 0.326 e. The third-order valence-electron chi connectivity index (χ3n) is 5.60. The zero-order valence-corrected chi connectivity index (χ0v) is 21.2. The number of carbonyl (C=O) groups is 6. The molecule has 11 N–H and O–H groups in total. The van der Waals surface area contributed by atoms with Gasteiger partial charge in [0.2, 0.25) is 29.5 Å². The van der Waals surface area contributed by atoms with E-state index in [1.54, 1.807) is 12.3 Å². The highest BCUT2D eigenvalue weighted by atomic mass is 32.1. The number of aromatic amines is 1. The van der Waals surface area contributed by atoms with Crippen LogP contribution >= 0.6 is 12.6 Å². The Bertz CT molecular complexity index is 1200. The molecule has 38 heavy (non-hydrogen) atoms. The highest BCUT2D eigenvalue weighted by Crippen LogP contribution is 2.19. The Morgan fingerprint density at radius 3 is 2.11 bits per heavy atom. The van der Waals surface area contributed by atoms with Crippen molar-refractivity contribution in [3.63, 3.8) is 0 Å². The highest BCUT2D eigenvalue weighted by molar-refractivity contribution is 7.80. The van der Waals surface area contributed by atoms with Gasteiger partial charge in [-0.15, -0.1) is 0 Å². The quantitative estimate of drug-likeness (QED) is 0.108. The summed E-state index contributed by atoms with van der Waals surface area (Å²) in [4.78, 5) is 75.3. The van der Waals surface area contributed by atoms with E-state index in [-0.39, 0.29) is 25.0 Å². The first-order valence-corrected chi connectivity index (χ1v) is 12.2. The van der Waals surface area contributed by atoms with Gasteiger partial charge in [-0.25, -0.2) is 4.79 Å². The Morgan fingerprint density at radius 1 is 0.895 bits per heavy atom. The Morgan fingerprint density at radius 2 is 1.50 bits per heavy atom. The first-order valence-electron chi connectivity index (χ1n) is 11.5. The third kappa shape index (κ3) is 8.77. The molecule has 4 atom stereocenters. The number of carboxylic acid groups (broad SMARTS) is 1. The number of nitrogens with one attached hydrogen (secondary N) is 4. The number of primary amides is 2. The molecule has 14 nitrogen and oxygen atoms in total. The predicted octanol–water partition coefficient (Wildman–Crippen LogP) is -2.35. The van der Waals surface area contributed by atoms with Crippen LogP contribution in [0.3, 0.4) is 0 Å². The minimum absolute atomic E-state index is 0.0435. The molecule has 2 rings (SSSR count). The number of rotatable bonds is 15. The molecule has 5 amide bonds. The Kier molecular flexibility index (Phi) is 11.1. The van der Waals surface area contributed by atoms with E-state index in [9.17, 15) is 33.9 Å². The number of carboxylic acids is 1. The van der Waals surface area contributed by atoms with Crippen LogP contribution in [0.2, 0.25) is 0 Å². The number of para-hydroxylation sites is 1. The normalized spacial score (nSPS) is 14.1. The van der Waals surface area contributed by atoms with E-state index in [0.717, 1.165) is 10.9 Å². The van der Waals surface area contributed by atoms with Crippen molar-refractivity contribution in [3.05, 3.63) is 36.0 Å². The maximum atomic E-state index is 13.2. The molecule has 0 aliphatic rings. The number of amides is 5. The van der Waals surface area contributed by atoms with Gasteiger partial charge < -0.3 is 43.2 Å². The second-order valence-electron chi connectivity index (χ2n) is 8.55. The van der Waals surface area contributed by atoms with Crippen molar-refractivity contribution in [3.8, 4) is 0 Å². The lowest BCUT2D eigenvalue weighted by Gasteiger charge is -2.24. The second-order valence-corrected chi connectivity index (χ2v) is 8.92.